The molecule has 0 unspecified atom stereocenters. The van der Waals surface area contributed by atoms with Gasteiger partial charge in [-0.15, -0.1) is 0 Å². The number of fused-ring (bicyclic) bond motifs is 2. The molecule has 2 aromatic heterocycles. The van der Waals surface area contributed by atoms with Crippen molar-refractivity contribution in [3.05, 3.63) is 83.7 Å². The molecule has 5 rings (SSSR count). The monoisotopic (exact) mass is 509 g/mol. The lowest BCUT2D eigenvalue weighted by atomic mass is 10.1. The van der Waals surface area contributed by atoms with Crippen LogP contribution in [0.3, 0.4) is 0 Å². The largest absolute Gasteiger partial charge is 0.497 e. The SMILES string of the molecule is COc1cc(/C=N/NC(=O)c2cc3cc(Nc4cc(C)nc5c(OC)cccc45)ccc3[nH]2)cc(OC)c1. The number of methoxy groups -OCH3 is 3. The fourth-order valence-corrected chi connectivity index (χ4v) is 4.24. The summed E-state index contributed by atoms with van der Waals surface area (Å²) in [6.07, 6.45) is 1.53. The zero-order valence-corrected chi connectivity index (χ0v) is 21.5. The Balaban J connectivity index is 1.35. The van der Waals surface area contributed by atoms with Gasteiger partial charge in [-0.05, 0) is 55.5 Å². The number of hydrogen-bond donors (Lipinski definition) is 3. The molecule has 0 fully saturated rings. The molecule has 5 aromatic rings. The van der Waals surface area contributed by atoms with E-state index in [1.807, 2.05) is 49.4 Å². The Morgan fingerprint density at radius 1 is 0.947 bits per heavy atom. The highest BCUT2D eigenvalue weighted by Crippen LogP contribution is 2.32. The first-order valence-electron chi connectivity index (χ1n) is 11.9. The predicted molar refractivity (Wildman–Crippen MR) is 149 cm³/mol. The lowest BCUT2D eigenvalue weighted by molar-refractivity contribution is 0.0951. The number of hydrazone groups is 1. The Morgan fingerprint density at radius 3 is 2.47 bits per heavy atom. The maximum Gasteiger partial charge on any atom is 0.287 e. The minimum atomic E-state index is -0.357. The maximum absolute atomic E-state index is 12.7. The van der Waals surface area contributed by atoms with E-state index in [0.717, 1.165) is 50.2 Å². The van der Waals surface area contributed by atoms with Crippen molar-refractivity contribution in [3.63, 3.8) is 0 Å². The zero-order valence-electron chi connectivity index (χ0n) is 21.5. The summed E-state index contributed by atoms with van der Waals surface area (Å²) >= 11 is 0. The lowest BCUT2D eigenvalue weighted by Gasteiger charge is -2.13. The van der Waals surface area contributed by atoms with Gasteiger partial charge in [-0.25, -0.2) is 10.4 Å². The standard InChI is InChI=1S/C29H27N5O4/c1-17-10-25(23-6-5-7-27(38-4)28(23)31-17)32-20-8-9-24-19(13-20)14-26(33-24)29(35)34-30-16-18-11-21(36-2)15-22(12-18)37-3/h5-16,33H,1-4H3,(H,31,32)(H,34,35)/b30-16+. The minimum absolute atomic E-state index is 0.357. The maximum atomic E-state index is 12.7. The fourth-order valence-electron chi connectivity index (χ4n) is 4.24. The summed E-state index contributed by atoms with van der Waals surface area (Å²) < 4.78 is 16.0. The number of carbonyl (C=O) groups is 1. The van der Waals surface area contributed by atoms with Crippen LogP contribution in [-0.2, 0) is 0 Å². The molecule has 0 atom stereocenters. The molecule has 3 N–H and O–H groups in total. The number of nitrogens with one attached hydrogen (secondary N) is 3. The second-order valence-corrected chi connectivity index (χ2v) is 8.62. The van der Waals surface area contributed by atoms with Crippen LogP contribution in [0.5, 0.6) is 17.2 Å². The predicted octanol–water partition coefficient (Wildman–Crippen LogP) is 5.56. The number of benzene rings is 3. The second kappa shape index (κ2) is 10.5. The first-order chi connectivity index (χ1) is 18.5. The molecular formula is C29H27N5O4. The number of anilines is 2. The highest BCUT2D eigenvalue weighted by molar-refractivity contribution is 6.00. The van der Waals surface area contributed by atoms with Gasteiger partial charge in [0.2, 0.25) is 0 Å². The number of aromatic nitrogens is 2. The summed E-state index contributed by atoms with van der Waals surface area (Å²) in [5.74, 6) is 1.63. The molecule has 9 heteroatoms. The van der Waals surface area contributed by atoms with Crippen LogP contribution < -0.4 is 25.0 Å². The number of rotatable bonds is 8. The number of nitrogens with zero attached hydrogens (tertiary/aromatic N) is 2. The van der Waals surface area contributed by atoms with Crippen LogP contribution in [0.15, 0.2) is 71.8 Å². The number of aromatic amines is 1. The number of pyridine rings is 1. The molecule has 0 bridgehead atoms. The van der Waals surface area contributed by atoms with Crippen LogP contribution in [0.2, 0.25) is 0 Å². The molecule has 0 saturated carbocycles. The Kier molecular flexibility index (Phi) is 6.82. The molecule has 0 saturated heterocycles. The smallest absolute Gasteiger partial charge is 0.287 e. The van der Waals surface area contributed by atoms with Crippen LogP contribution in [0, 0.1) is 6.92 Å². The Bertz CT molecular complexity index is 1650. The van der Waals surface area contributed by atoms with E-state index in [0.29, 0.717) is 17.2 Å². The van der Waals surface area contributed by atoms with Crippen molar-refractivity contribution in [2.45, 2.75) is 6.92 Å². The first kappa shape index (κ1) is 24.6. The van der Waals surface area contributed by atoms with Crippen molar-refractivity contribution in [1.29, 1.82) is 0 Å². The normalized spacial score (nSPS) is 11.2. The quantitative estimate of drug-likeness (QED) is 0.187. The third-order valence-electron chi connectivity index (χ3n) is 6.05. The number of carbonyl (C=O) groups excluding carboxylic acids is 1. The zero-order chi connectivity index (χ0) is 26.6. The molecule has 9 nitrogen and oxygen atoms in total. The molecule has 0 aliphatic heterocycles. The number of H-pyrrole nitrogens is 1. The first-order valence-corrected chi connectivity index (χ1v) is 11.9. The van der Waals surface area contributed by atoms with Crippen LogP contribution in [0.1, 0.15) is 21.7 Å². The summed E-state index contributed by atoms with van der Waals surface area (Å²) in [5.41, 5.74) is 7.98. The molecule has 38 heavy (non-hydrogen) atoms. The average molecular weight is 510 g/mol. The highest BCUT2D eigenvalue weighted by atomic mass is 16.5. The van der Waals surface area contributed by atoms with Crippen LogP contribution in [0.4, 0.5) is 11.4 Å². The van der Waals surface area contributed by atoms with Crippen LogP contribution >= 0.6 is 0 Å². The molecule has 0 spiro atoms. The second-order valence-electron chi connectivity index (χ2n) is 8.62. The third-order valence-corrected chi connectivity index (χ3v) is 6.05. The van der Waals surface area contributed by atoms with E-state index in [1.165, 1.54) is 6.21 Å². The van der Waals surface area contributed by atoms with E-state index >= 15 is 0 Å². The number of ether oxygens (including phenoxy) is 3. The van der Waals surface area contributed by atoms with Gasteiger partial charge in [0.25, 0.3) is 5.91 Å². The van der Waals surface area contributed by atoms with Crippen molar-refractivity contribution >= 4 is 45.3 Å². The van der Waals surface area contributed by atoms with Crippen molar-refractivity contribution < 1.29 is 19.0 Å². The number of para-hydroxylation sites is 1. The van der Waals surface area contributed by atoms with Crippen molar-refractivity contribution in [2.75, 3.05) is 26.6 Å². The van der Waals surface area contributed by atoms with Crippen LogP contribution in [-0.4, -0.2) is 43.4 Å². The molecule has 0 radical (unpaired) electrons. The van der Waals surface area contributed by atoms with E-state index in [-0.39, 0.29) is 5.91 Å². The summed E-state index contributed by atoms with van der Waals surface area (Å²) in [5, 5.41) is 9.40. The molecule has 3 aromatic carbocycles. The number of aryl methyl sites for hydroxylation is 1. The van der Waals surface area contributed by atoms with Gasteiger partial charge in [0, 0.05) is 45.0 Å². The topological polar surface area (TPSA) is 110 Å². The van der Waals surface area contributed by atoms with E-state index in [4.69, 9.17) is 14.2 Å². The van der Waals surface area contributed by atoms with E-state index < -0.39 is 0 Å². The molecule has 0 aliphatic rings. The Morgan fingerprint density at radius 2 is 1.74 bits per heavy atom. The van der Waals surface area contributed by atoms with Gasteiger partial charge in [0.1, 0.15) is 28.5 Å². The van der Waals surface area contributed by atoms with Gasteiger partial charge in [-0.1, -0.05) is 12.1 Å². The van der Waals surface area contributed by atoms with Crippen molar-refractivity contribution in [2.24, 2.45) is 5.10 Å². The average Bonchev–Trinajstić information content (AvgIpc) is 3.36. The van der Waals surface area contributed by atoms with Gasteiger partial charge in [-0.3, -0.25) is 4.79 Å². The van der Waals surface area contributed by atoms with Gasteiger partial charge in [0.05, 0.1) is 27.5 Å². The molecule has 1 amide bonds. The van der Waals surface area contributed by atoms with Crippen molar-refractivity contribution in [3.8, 4) is 17.2 Å². The van der Waals surface area contributed by atoms with Gasteiger partial charge >= 0.3 is 0 Å². The number of amides is 1. The summed E-state index contributed by atoms with van der Waals surface area (Å²) in [7, 11) is 4.79. The number of hydrogen-bond acceptors (Lipinski definition) is 7. The van der Waals surface area contributed by atoms with Gasteiger partial charge < -0.3 is 24.5 Å². The lowest BCUT2D eigenvalue weighted by Crippen LogP contribution is -2.17. The van der Waals surface area contributed by atoms with E-state index in [9.17, 15) is 4.79 Å². The summed E-state index contributed by atoms with van der Waals surface area (Å²) in [6.45, 7) is 1.95. The van der Waals surface area contributed by atoms with Gasteiger partial charge in [-0.2, -0.15) is 5.10 Å². The Hall–Kier alpha value is -5.05. The van der Waals surface area contributed by atoms with Crippen molar-refractivity contribution in [1.82, 2.24) is 15.4 Å². The third kappa shape index (κ3) is 5.08. The Labute approximate surface area is 219 Å². The summed E-state index contributed by atoms with van der Waals surface area (Å²) in [6, 6.07) is 20.8. The van der Waals surface area contributed by atoms with E-state index in [2.05, 4.69) is 25.8 Å². The highest BCUT2D eigenvalue weighted by Gasteiger charge is 2.12. The van der Waals surface area contributed by atoms with E-state index in [1.54, 1.807) is 45.6 Å². The minimum Gasteiger partial charge on any atom is -0.497 e. The molecule has 0 aliphatic carbocycles. The molecular weight excluding hydrogens is 482 g/mol. The van der Waals surface area contributed by atoms with Crippen LogP contribution in [0.25, 0.3) is 21.8 Å². The van der Waals surface area contributed by atoms with Gasteiger partial charge in [0.15, 0.2) is 0 Å². The summed E-state index contributed by atoms with van der Waals surface area (Å²) in [4.78, 5) is 20.5. The fraction of sp³-hybridized carbons (Fsp3) is 0.138. The molecule has 192 valence electrons. The molecule has 2 heterocycles.